The van der Waals surface area contributed by atoms with Gasteiger partial charge in [-0.05, 0) is 12.5 Å². The van der Waals surface area contributed by atoms with E-state index in [0.29, 0.717) is 0 Å². The molecule has 0 radical (unpaired) electrons. The van der Waals surface area contributed by atoms with Crippen molar-refractivity contribution < 1.29 is 21.9 Å². The van der Waals surface area contributed by atoms with Gasteiger partial charge in [-0.1, -0.05) is 25.8 Å². The third-order valence-corrected chi connectivity index (χ3v) is 1.86. The summed E-state index contributed by atoms with van der Waals surface area (Å²) in [5.74, 6) is -0.463. The molecule has 0 aromatic carbocycles. The van der Waals surface area contributed by atoms with Gasteiger partial charge in [0.15, 0.2) is 0 Å². The first kappa shape index (κ1) is 14.1. The van der Waals surface area contributed by atoms with Crippen molar-refractivity contribution in [1.29, 1.82) is 0 Å². The SMILES string of the molecule is CCCCC=CC(=O)NCOS(=O)(=O)O. The summed E-state index contributed by atoms with van der Waals surface area (Å²) >= 11 is 0. The summed E-state index contributed by atoms with van der Waals surface area (Å²) in [4.78, 5) is 10.9. The van der Waals surface area contributed by atoms with Crippen LogP contribution < -0.4 is 5.32 Å². The van der Waals surface area contributed by atoms with Crippen LogP contribution in [0.2, 0.25) is 0 Å². The Hall–Kier alpha value is -0.920. The average Bonchev–Trinajstić information content (AvgIpc) is 2.10. The van der Waals surface area contributed by atoms with Gasteiger partial charge in [-0.2, -0.15) is 8.42 Å². The van der Waals surface area contributed by atoms with Crippen LogP contribution in [0.3, 0.4) is 0 Å². The van der Waals surface area contributed by atoms with Gasteiger partial charge in [0.05, 0.1) is 0 Å². The summed E-state index contributed by atoms with van der Waals surface area (Å²) in [6.45, 7) is 1.46. The third-order valence-electron chi connectivity index (χ3n) is 1.45. The number of unbranched alkanes of at least 4 members (excludes halogenated alkanes) is 2. The quantitative estimate of drug-likeness (QED) is 0.293. The number of carbonyl (C=O) groups excluding carboxylic acids is 1. The van der Waals surface area contributed by atoms with Crippen molar-refractivity contribution in [3.8, 4) is 0 Å². The molecule has 2 N–H and O–H groups in total. The minimum absolute atomic E-state index is 0.463. The molecule has 6 nitrogen and oxygen atoms in total. The number of hydrogen-bond donors (Lipinski definition) is 2. The molecule has 1 amide bonds. The van der Waals surface area contributed by atoms with E-state index in [9.17, 15) is 13.2 Å². The Labute approximate surface area is 89.3 Å². The zero-order chi connectivity index (χ0) is 11.7. The molecule has 0 aliphatic rings. The van der Waals surface area contributed by atoms with Crippen molar-refractivity contribution in [2.75, 3.05) is 6.73 Å². The largest absolute Gasteiger partial charge is 0.399 e. The second-order valence-corrected chi connectivity index (χ2v) is 3.87. The highest BCUT2D eigenvalue weighted by Gasteiger charge is 2.03. The normalized spacial score (nSPS) is 11.9. The summed E-state index contributed by atoms with van der Waals surface area (Å²) in [6.07, 6.45) is 5.81. The van der Waals surface area contributed by atoms with Gasteiger partial charge in [0.25, 0.3) is 0 Å². The molecule has 0 unspecified atom stereocenters. The Kier molecular flexibility index (Phi) is 6.93. The second kappa shape index (κ2) is 7.38. The van der Waals surface area contributed by atoms with E-state index in [1.54, 1.807) is 6.08 Å². The average molecular weight is 237 g/mol. The number of hydrogen-bond acceptors (Lipinski definition) is 4. The van der Waals surface area contributed by atoms with E-state index in [-0.39, 0.29) is 0 Å². The maximum atomic E-state index is 10.9. The predicted molar refractivity (Wildman–Crippen MR) is 54.3 cm³/mol. The van der Waals surface area contributed by atoms with Crippen LogP contribution in [0.25, 0.3) is 0 Å². The molecule has 0 heterocycles. The molecule has 0 saturated carbocycles. The summed E-state index contributed by atoms with van der Waals surface area (Å²) in [7, 11) is -4.49. The topological polar surface area (TPSA) is 92.7 Å². The lowest BCUT2D eigenvalue weighted by Gasteiger charge is -1.99. The molecule has 0 spiro atoms. The van der Waals surface area contributed by atoms with Gasteiger partial charge in [-0.15, -0.1) is 0 Å². The van der Waals surface area contributed by atoms with Gasteiger partial charge >= 0.3 is 10.4 Å². The summed E-state index contributed by atoms with van der Waals surface area (Å²) in [6, 6.07) is 0. The molecule has 0 fully saturated rings. The van der Waals surface area contributed by atoms with E-state index >= 15 is 0 Å². The van der Waals surface area contributed by atoms with Gasteiger partial charge in [-0.3, -0.25) is 9.35 Å². The lowest BCUT2D eigenvalue weighted by molar-refractivity contribution is -0.117. The summed E-state index contributed by atoms with van der Waals surface area (Å²) in [5, 5.41) is 2.13. The number of nitrogens with one attached hydrogen (secondary N) is 1. The second-order valence-electron chi connectivity index (χ2n) is 2.78. The van der Waals surface area contributed by atoms with E-state index in [1.807, 2.05) is 6.92 Å². The highest BCUT2D eigenvalue weighted by atomic mass is 32.3. The summed E-state index contributed by atoms with van der Waals surface area (Å²) in [5.41, 5.74) is 0. The Morgan fingerprint density at radius 2 is 2.20 bits per heavy atom. The number of carbonyl (C=O) groups is 1. The summed E-state index contributed by atoms with van der Waals surface area (Å²) < 4.78 is 32.2. The Morgan fingerprint density at radius 3 is 2.73 bits per heavy atom. The maximum Gasteiger partial charge on any atom is 0.399 e. The number of allylic oxidation sites excluding steroid dienone is 1. The number of amides is 1. The first-order chi connectivity index (χ1) is 6.95. The van der Waals surface area contributed by atoms with Crippen LogP contribution in [0.5, 0.6) is 0 Å². The van der Waals surface area contributed by atoms with Crippen LogP contribution in [0, 0.1) is 0 Å². The zero-order valence-electron chi connectivity index (χ0n) is 8.47. The molecule has 0 rings (SSSR count). The van der Waals surface area contributed by atoms with Crippen molar-refractivity contribution >= 4 is 16.3 Å². The molecule has 0 aromatic rings. The van der Waals surface area contributed by atoms with E-state index in [0.717, 1.165) is 19.3 Å². The van der Waals surface area contributed by atoms with E-state index < -0.39 is 23.0 Å². The van der Waals surface area contributed by atoms with Crippen molar-refractivity contribution in [2.45, 2.75) is 26.2 Å². The monoisotopic (exact) mass is 237 g/mol. The highest BCUT2D eigenvalue weighted by molar-refractivity contribution is 7.80. The Balaban J connectivity index is 3.62. The molecule has 0 saturated heterocycles. The van der Waals surface area contributed by atoms with E-state index in [2.05, 4.69) is 9.50 Å². The molecular weight excluding hydrogens is 222 g/mol. The van der Waals surface area contributed by atoms with Crippen LogP contribution in [0.1, 0.15) is 26.2 Å². The minimum Gasteiger partial charge on any atom is -0.328 e. The third kappa shape index (κ3) is 11.0. The molecule has 0 atom stereocenters. The van der Waals surface area contributed by atoms with E-state index in [4.69, 9.17) is 4.55 Å². The van der Waals surface area contributed by atoms with Gasteiger partial charge in [0.2, 0.25) is 5.91 Å². The van der Waals surface area contributed by atoms with E-state index in [1.165, 1.54) is 6.08 Å². The van der Waals surface area contributed by atoms with Crippen LogP contribution in [0.4, 0.5) is 0 Å². The highest BCUT2D eigenvalue weighted by Crippen LogP contribution is 1.94. The van der Waals surface area contributed by atoms with Crippen molar-refractivity contribution in [3.05, 3.63) is 12.2 Å². The molecular formula is C8H15NO5S. The standard InChI is InChI=1S/C8H15NO5S/c1-2-3-4-5-6-8(10)9-7-14-15(11,12)13/h5-6H,2-4,7H2,1H3,(H,9,10)(H,11,12,13). The predicted octanol–water partition coefficient (Wildman–Crippen LogP) is 0.626. The van der Waals surface area contributed by atoms with Crippen molar-refractivity contribution in [2.24, 2.45) is 0 Å². The lowest BCUT2D eigenvalue weighted by Crippen LogP contribution is -2.25. The van der Waals surface area contributed by atoms with Crippen LogP contribution in [0.15, 0.2) is 12.2 Å². The van der Waals surface area contributed by atoms with Gasteiger partial charge in [0, 0.05) is 0 Å². The molecule has 0 aliphatic carbocycles. The van der Waals surface area contributed by atoms with Crippen molar-refractivity contribution in [3.63, 3.8) is 0 Å². The van der Waals surface area contributed by atoms with Crippen molar-refractivity contribution in [1.82, 2.24) is 5.32 Å². The van der Waals surface area contributed by atoms with Crippen LogP contribution in [-0.2, 0) is 19.4 Å². The van der Waals surface area contributed by atoms with Gasteiger partial charge < -0.3 is 5.32 Å². The van der Waals surface area contributed by atoms with Crippen LogP contribution >= 0.6 is 0 Å². The first-order valence-electron chi connectivity index (χ1n) is 4.52. The lowest BCUT2D eigenvalue weighted by atomic mass is 10.2. The smallest absolute Gasteiger partial charge is 0.328 e. The first-order valence-corrected chi connectivity index (χ1v) is 5.88. The number of rotatable bonds is 7. The Morgan fingerprint density at radius 1 is 1.53 bits per heavy atom. The fraction of sp³-hybridized carbons (Fsp3) is 0.625. The van der Waals surface area contributed by atoms with Gasteiger partial charge in [0.1, 0.15) is 6.73 Å². The zero-order valence-corrected chi connectivity index (χ0v) is 9.29. The Bertz CT molecular complexity index is 309. The maximum absolute atomic E-state index is 10.9. The molecule has 0 aliphatic heterocycles. The minimum atomic E-state index is -4.49. The molecule has 7 heteroatoms. The fourth-order valence-electron chi connectivity index (χ4n) is 0.746. The molecule has 15 heavy (non-hydrogen) atoms. The molecule has 88 valence electrons. The van der Waals surface area contributed by atoms with Gasteiger partial charge in [-0.25, -0.2) is 4.18 Å². The molecule has 0 aromatic heterocycles. The fourth-order valence-corrected chi connectivity index (χ4v) is 0.954. The van der Waals surface area contributed by atoms with Crippen LogP contribution in [-0.4, -0.2) is 25.6 Å². The molecule has 0 bridgehead atoms.